The van der Waals surface area contributed by atoms with Crippen LogP contribution >= 0.6 is 15.9 Å². The lowest BCUT2D eigenvalue weighted by Crippen LogP contribution is -2.21. The first kappa shape index (κ1) is 12.9. The number of nitrogens with zero attached hydrogens (tertiary/aromatic N) is 2. The predicted octanol–water partition coefficient (Wildman–Crippen LogP) is 3.91. The van der Waals surface area contributed by atoms with Gasteiger partial charge in [0.15, 0.2) is 0 Å². The van der Waals surface area contributed by atoms with Crippen molar-refractivity contribution in [1.82, 2.24) is 4.98 Å². The van der Waals surface area contributed by atoms with Gasteiger partial charge in [-0.1, -0.05) is 35.3 Å². The maximum absolute atomic E-state index is 4.62. The topological polar surface area (TPSA) is 16.1 Å². The number of aromatic nitrogens is 1. The van der Waals surface area contributed by atoms with Crippen molar-refractivity contribution >= 4 is 21.7 Å². The summed E-state index contributed by atoms with van der Waals surface area (Å²) in [5.74, 6) is 2.06. The second-order valence-corrected chi connectivity index (χ2v) is 5.57. The summed E-state index contributed by atoms with van der Waals surface area (Å²) in [5, 5.41) is 0.888. The molecule has 1 aromatic rings. The summed E-state index contributed by atoms with van der Waals surface area (Å²) < 4.78 is 0. The first-order chi connectivity index (χ1) is 8.24. The number of pyridine rings is 1. The van der Waals surface area contributed by atoms with Gasteiger partial charge in [0, 0.05) is 24.6 Å². The Morgan fingerprint density at radius 1 is 1.53 bits per heavy atom. The lowest BCUT2D eigenvalue weighted by atomic mass is 10.0. The Morgan fingerprint density at radius 3 is 3.00 bits per heavy atom. The van der Waals surface area contributed by atoms with Crippen LogP contribution in [0.15, 0.2) is 12.3 Å². The molecule has 0 radical (unpaired) electrons. The third-order valence-corrected chi connectivity index (χ3v) is 4.19. The monoisotopic (exact) mass is 296 g/mol. The fourth-order valence-corrected chi connectivity index (χ4v) is 3.01. The normalized spacial score (nSPS) is 19.9. The van der Waals surface area contributed by atoms with Crippen molar-refractivity contribution in [2.75, 3.05) is 18.0 Å². The lowest BCUT2D eigenvalue weighted by Gasteiger charge is -2.20. The molecular weight excluding hydrogens is 276 g/mol. The minimum absolute atomic E-state index is 0.872. The molecule has 1 saturated heterocycles. The van der Waals surface area contributed by atoms with Gasteiger partial charge in [0.2, 0.25) is 0 Å². The third-order valence-electron chi connectivity index (χ3n) is 3.54. The Hall–Kier alpha value is -0.570. The molecule has 2 heterocycles. The molecule has 17 heavy (non-hydrogen) atoms. The maximum Gasteiger partial charge on any atom is 0.131 e. The molecule has 0 aliphatic carbocycles. The fraction of sp³-hybridized carbons (Fsp3) is 0.643. The Morgan fingerprint density at radius 2 is 2.35 bits per heavy atom. The molecule has 1 fully saturated rings. The largest absolute Gasteiger partial charge is 0.356 e. The maximum atomic E-state index is 4.62. The smallest absolute Gasteiger partial charge is 0.131 e. The van der Waals surface area contributed by atoms with E-state index in [4.69, 9.17) is 0 Å². The second kappa shape index (κ2) is 5.85. The summed E-state index contributed by atoms with van der Waals surface area (Å²) in [5.41, 5.74) is 2.56. The van der Waals surface area contributed by atoms with Crippen LogP contribution in [0.2, 0.25) is 0 Å². The Balaban J connectivity index is 2.08. The number of aryl methyl sites for hydroxylation is 1. The van der Waals surface area contributed by atoms with Crippen LogP contribution in [-0.4, -0.2) is 18.1 Å². The minimum Gasteiger partial charge on any atom is -0.356 e. The molecule has 3 heteroatoms. The molecule has 0 aromatic carbocycles. The number of hydrogen-bond acceptors (Lipinski definition) is 2. The van der Waals surface area contributed by atoms with E-state index in [0.29, 0.717) is 0 Å². The highest BCUT2D eigenvalue weighted by atomic mass is 79.9. The van der Waals surface area contributed by atoms with Crippen LogP contribution in [0, 0.1) is 12.8 Å². The van der Waals surface area contributed by atoms with Crippen LogP contribution in [0.25, 0.3) is 0 Å². The molecule has 1 aromatic heterocycles. The summed E-state index contributed by atoms with van der Waals surface area (Å²) in [6.45, 7) is 6.81. The lowest BCUT2D eigenvalue weighted by molar-refractivity contribution is 0.529. The molecule has 0 spiro atoms. The Bertz CT molecular complexity index is 378. The number of hydrogen-bond donors (Lipinski definition) is 0. The van der Waals surface area contributed by atoms with Crippen LogP contribution in [0.4, 0.5) is 5.82 Å². The summed E-state index contributed by atoms with van der Waals surface area (Å²) in [6.07, 6.45) is 5.97. The van der Waals surface area contributed by atoms with Crippen molar-refractivity contribution < 1.29 is 0 Å². The van der Waals surface area contributed by atoms with E-state index in [9.17, 15) is 0 Å². The van der Waals surface area contributed by atoms with Crippen LogP contribution in [0.1, 0.15) is 37.3 Å². The molecule has 0 N–H and O–H groups in total. The van der Waals surface area contributed by atoms with Crippen molar-refractivity contribution in [3.63, 3.8) is 0 Å². The van der Waals surface area contributed by atoms with Gasteiger partial charge in [0.1, 0.15) is 5.82 Å². The van der Waals surface area contributed by atoms with Gasteiger partial charge in [-0.05, 0) is 36.8 Å². The van der Waals surface area contributed by atoms with Gasteiger partial charge in [-0.2, -0.15) is 0 Å². The van der Waals surface area contributed by atoms with E-state index < -0.39 is 0 Å². The van der Waals surface area contributed by atoms with Gasteiger partial charge in [-0.3, -0.25) is 0 Å². The standard InChI is InChI=1S/C14H21BrN2/c1-3-4-12-5-6-17(10-12)14-11(2)7-13(8-15)9-16-14/h7,9,12H,3-6,8,10H2,1-2H3. The molecule has 0 saturated carbocycles. The zero-order chi connectivity index (χ0) is 12.3. The van der Waals surface area contributed by atoms with E-state index in [1.165, 1.54) is 49.3 Å². The van der Waals surface area contributed by atoms with Crippen molar-refractivity contribution in [1.29, 1.82) is 0 Å². The first-order valence-corrected chi connectivity index (χ1v) is 7.63. The minimum atomic E-state index is 0.872. The SMILES string of the molecule is CCCC1CCN(c2ncc(CBr)cc2C)C1. The number of halogens is 1. The van der Waals surface area contributed by atoms with E-state index in [2.05, 4.69) is 45.7 Å². The van der Waals surface area contributed by atoms with Gasteiger partial charge in [-0.15, -0.1) is 0 Å². The molecular formula is C14H21BrN2. The molecule has 2 rings (SSSR count). The van der Waals surface area contributed by atoms with Gasteiger partial charge >= 0.3 is 0 Å². The van der Waals surface area contributed by atoms with Crippen molar-refractivity contribution in [3.05, 3.63) is 23.4 Å². The molecule has 1 unspecified atom stereocenters. The number of alkyl halides is 1. The molecule has 2 nitrogen and oxygen atoms in total. The first-order valence-electron chi connectivity index (χ1n) is 6.51. The van der Waals surface area contributed by atoms with E-state index in [0.717, 1.165) is 11.2 Å². The van der Waals surface area contributed by atoms with E-state index >= 15 is 0 Å². The van der Waals surface area contributed by atoms with Crippen molar-refractivity contribution in [2.24, 2.45) is 5.92 Å². The quantitative estimate of drug-likeness (QED) is 0.783. The Kier molecular flexibility index (Phi) is 4.43. The van der Waals surface area contributed by atoms with Crippen LogP contribution in [0.3, 0.4) is 0 Å². The average molecular weight is 297 g/mol. The molecule has 0 amide bonds. The molecule has 1 aliphatic heterocycles. The van der Waals surface area contributed by atoms with E-state index in [1.807, 2.05) is 6.20 Å². The van der Waals surface area contributed by atoms with Gasteiger partial charge in [-0.25, -0.2) is 4.98 Å². The predicted molar refractivity (Wildman–Crippen MR) is 76.8 cm³/mol. The highest BCUT2D eigenvalue weighted by Crippen LogP contribution is 2.27. The van der Waals surface area contributed by atoms with Crippen LogP contribution in [-0.2, 0) is 5.33 Å². The van der Waals surface area contributed by atoms with Crippen molar-refractivity contribution in [3.8, 4) is 0 Å². The third kappa shape index (κ3) is 3.01. The summed E-state index contributed by atoms with van der Waals surface area (Å²) in [4.78, 5) is 7.07. The van der Waals surface area contributed by atoms with Gasteiger partial charge in [0.25, 0.3) is 0 Å². The number of anilines is 1. The van der Waals surface area contributed by atoms with Gasteiger partial charge in [0.05, 0.1) is 0 Å². The fourth-order valence-electron chi connectivity index (χ4n) is 2.70. The molecule has 1 aliphatic rings. The van der Waals surface area contributed by atoms with Crippen LogP contribution < -0.4 is 4.90 Å². The van der Waals surface area contributed by atoms with Crippen molar-refractivity contribution in [2.45, 2.75) is 38.4 Å². The summed E-state index contributed by atoms with van der Waals surface area (Å²) >= 11 is 3.48. The highest BCUT2D eigenvalue weighted by Gasteiger charge is 2.23. The van der Waals surface area contributed by atoms with E-state index in [1.54, 1.807) is 0 Å². The molecule has 1 atom stereocenters. The van der Waals surface area contributed by atoms with Crippen LogP contribution in [0.5, 0.6) is 0 Å². The second-order valence-electron chi connectivity index (χ2n) is 5.01. The number of rotatable bonds is 4. The molecule has 0 bridgehead atoms. The average Bonchev–Trinajstić information content (AvgIpc) is 2.78. The zero-order valence-corrected chi connectivity index (χ0v) is 12.3. The van der Waals surface area contributed by atoms with Gasteiger partial charge < -0.3 is 4.90 Å². The zero-order valence-electron chi connectivity index (χ0n) is 10.7. The summed E-state index contributed by atoms with van der Waals surface area (Å²) in [6, 6.07) is 2.24. The summed E-state index contributed by atoms with van der Waals surface area (Å²) in [7, 11) is 0. The molecule has 94 valence electrons. The van der Waals surface area contributed by atoms with E-state index in [-0.39, 0.29) is 0 Å². The Labute approximate surface area is 113 Å². The highest BCUT2D eigenvalue weighted by molar-refractivity contribution is 9.08.